The van der Waals surface area contributed by atoms with Gasteiger partial charge >= 0.3 is 22.8 Å². The van der Waals surface area contributed by atoms with Crippen LogP contribution in [0.4, 0.5) is 26.3 Å². The highest BCUT2D eigenvalue weighted by Crippen LogP contribution is 2.40. The van der Waals surface area contributed by atoms with E-state index in [-0.39, 0.29) is 20.4 Å². The molecule has 8 heterocycles. The molecule has 4 fully saturated rings. The summed E-state index contributed by atoms with van der Waals surface area (Å²) in [4.78, 5) is 96.6. The molecule has 40 heteroatoms. The number of halogens is 8. The van der Waals surface area contributed by atoms with E-state index in [9.17, 15) is 106 Å². The van der Waals surface area contributed by atoms with E-state index in [4.69, 9.17) is 51.9 Å². The average Bonchev–Trinajstić information content (AvgIpc) is 2.93. The molecule has 0 amide bonds. The lowest BCUT2D eigenvalue weighted by Gasteiger charge is -2.19. The quantitative estimate of drug-likeness (QED) is 0.0729. The van der Waals surface area contributed by atoms with Crippen molar-refractivity contribution in [3.05, 3.63) is 130 Å². The Labute approximate surface area is 429 Å². The molecule has 0 saturated carbocycles. The fraction of sp³-hybridized carbons (Fsp3) is 0.556. The van der Waals surface area contributed by atoms with Crippen LogP contribution in [0, 0.1) is 11.6 Å². The van der Waals surface area contributed by atoms with Crippen molar-refractivity contribution < 1.29 is 115 Å². The smallest absolute Gasteiger partial charge is 0.330 e. The topological polar surface area (TPSA) is 499 Å². The molecule has 0 radical (unpaired) electrons. The molecule has 8 rings (SSSR count). The van der Waals surface area contributed by atoms with E-state index in [0.717, 1.165) is 6.20 Å². The van der Waals surface area contributed by atoms with Gasteiger partial charge in [0.2, 0.25) is 11.6 Å². The number of alkyl halides is 4. The summed E-state index contributed by atoms with van der Waals surface area (Å²) in [6.45, 7) is -10.1. The predicted octanol–water partition coefficient (Wildman–Crippen LogP) is -8.63. The maximum absolute atomic E-state index is 14.3. The van der Waals surface area contributed by atoms with Gasteiger partial charge in [-0.25, -0.2) is 36.7 Å². The molecule has 16 atom stereocenters. The molecule has 0 bridgehead atoms. The number of nitrogens with one attached hydrogen (secondary N) is 4. The zero-order valence-corrected chi connectivity index (χ0v) is 38.1. The van der Waals surface area contributed by atoms with Crippen LogP contribution < -0.4 is 45.0 Å². The van der Waals surface area contributed by atoms with Gasteiger partial charge in [-0.3, -0.25) is 57.4 Å². The molecule has 4 saturated heterocycles. The second-order valence-electron chi connectivity index (χ2n) is 15.4. The van der Waals surface area contributed by atoms with E-state index in [0.29, 0.717) is 21.5 Å². The van der Waals surface area contributed by atoms with Crippen molar-refractivity contribution >= 4 is 23.2 Å². The standard InChI is InChI=1S/2C9H10ClFN2O6.2C9H10F2N2O6/c4*10-3-1-13(8(18)12-6(3)17)7-4(15)5(16)9(11,2-14)19-7/h4*1,4-5,7,14-16H,2H2,(H,12,17,18)/t4*4-,5+,7-,9-/m1111/s1/i7D;;2D2,7D;2D2. The number of aliphatic hydroxyl groups is 12. The van der Waals surface area contributed by atoms with Crippen molar-refractivity contribution in [3.8, 4) is 0 Å². The number of H-pyrrole nitrogens is 4. The first-order chi connectivity index (χ1) is 37.3. The van der Waals surface area contributed by atoms with Gasteiger partial charge in [-0.2, -0.15) is 8.78 Å². The number of hydrogen-bond acceptors (Lipinski definition) is 24. The molecule has 0 unspecified atom stereocenters. The molecule has 4 aromatic heterocycles. The van der Waals surface area contributed by atoms with Crippen LogP contribution in [0.15, 0.2) is 63.1 Å². The summed E-state index contributed by atoms with van der Waals surface area (Å²) in [5.74, 6) is -16.8. The first-order valence-electron chi connectivity index (χ1n) is 23.0. The molecule has 0 aliphatic carbocycles. The first kappa shape index (κ1) is 52.3. The van der Waals surface area contributed by atoms with Crippen molar-refractivity contribution in [2.24, 2.45) is 0 Å². The molecule has 76 heavy (non-hydrogen) atoms. The van der Waals surface area contributed by atoms with Gasteiger partial charge in [-0.1, -0.05) is 23.2 Å². The van der Waals surface area contributed by atoms with E-state index in [1.54, 1.807) is 4.98 Å². The fourth-order valence-electron chi connectivity index (χ4n) is 6.50. The Bertz CT molecular complexity index is 3560. The molecule has 4 aliphatic rings. The summed E-state index contributed by atoms with van der Waals surface area (Å²) in [6, 6.07) is 0. The predicted molar refractivity (Wildman–Crippen MR) is 227 cm³/mol. The zero-order chi connectivity index (χ0) is 62.9. The summed E-state index contributed by atoms with van der Waals surface area (Å²) >= 11 is 11.0. The van der Waals surface area contributed by atoms with Crippen LogP contribution in [0.1, 0.15) is 33.1 Å². The number of nitrogens with zero attached hydrogens (tertiary/aromatic N) is 4. The van der Waals surface area contributed by atoms with Crippen LogP contribution in [-0.4, -0.2) is 198 Å². The van der Waals surface area contributed by atoms with Crippen LogP contribution in [0.3, 0.4) is 0 Å². The number of ether oxygens (including phenoxy) is 4. The Hall–Kier alpha value is -5.76. The van der Waals surface area contributed by atoms with Crippen LogP contribution >= 0.6 is 23.2 Å². The van der Waals surface area contributed by atoms with Crippen LogP contribution in [-0.2, 0) is 18.9 Å². The van der Waals surface area contributed by atoms with Crippen LogP contribution in [0.5, 0.6) is 0 Å². The molecule has 4 aromatic rings. The van der Waals surface area contributed by atoms with Crippen molar-refractivity contribution in [1.82, 2.24) is 38.2 Å². The minimum Gasteiger partial charge on any atom is -0.390 e. The first-order valence-corrected chi connectivity index (χ1v) is 20.7. The third-order valence-electron chi connectivity index (χ3n) is 10.5. The lowest BCUT2D eigenvalue weighted by molar-refractivity contribution is -0.207. The summed E-state index contributed by atoms with van der Waals surface area (Å²) in [5.41, 5.74) is -9.62. The second kappa shape index (κ2) is 23.1. The highest BCUT2D eigenvalue weighted by atomic mass is 35.5. The number of aromatic nitrogens is 8. The van der Waals surface area contributed by atoms with Crippen molar-refractivity contribution in [2.45, 2.75) is 97.1 Å². The molecule has 32 nitrogen and oxygen atoms in total. The van der Waals surface area contributed by atoms with Gasteiger partial charge in [-0.15, -0.1) is 0 Å². The number of hydrogen-bond donors (Lipinski definition) is 16. The van der Waals surface area contributed by atoms with Crippen LogP contribution in [0.25, 0.3) is 0 Å². The van der Waals surface area contributed by atoms with Gasteiger partial charge in [0, 0.05) is 12.4 Å². The summed E-state index contributed by atoms with van der Waals surface area (Å²) in [6.07, 6.45) is -26.4. The molecule has 4 aliphatic heterocycles. The largest absolute Gasteiger partial charge is 0.390 e. The Morgan fingerprint density at radius 3 is 1.12 bits per heavy atom. The van der Waals surface area contributed by atoms with Gasteiger partial charge in [-0.05, 0) is 0 Å². The number of aliphatic hydroxyl groups excluding tert-OH is 10. The molecular weight excluding hydrogens is 1110 g/mol. The SMILES string of the molecule is O=c1[nH]c(=O)n([C@@H]2O[C@](F)(CO)[C@@H](O)[C@H]2O)cc1Cl.[2H]C([2H])(O)[C@@]1(F)O[C@@H](n2cc(F)c(=O)[nH]c2=O)[C@H](O)[C@@H]1O.[2H]C([2H])(O)[C@@]1(F)O[C@@]([2H])(n2cc(F)c(=O)[nH]c2=O)[C@H](O)[C@@H]1O.[2H][C@@]1(n2cc(Cl)c(=O)[nH]c2=O)O[C@](F)(CO)[C@@H](O)[C@H]1O. The van der Waals surface area contributed by atoms with Gasteiger partial charge in [0.25, 0.3) is 45.7 Å². The summed E-state index contributed by atoms with van der Waals surface area (Å²) < 4.78 is 144. The van der Waals surface area contributed by atoms with E-state index in [2.05, 4.69) is 18.9 Å². The average molecular weight is 1160 g/mol. The molecule has 0 spiro atoms. The molecule has 16 N–H and O–H groups in total. The van der Waals surface area contributed by atoms with E-state index >= 15 is 0 Å². The minimum absolute atomic E-state index is 0.0926. The Morgan fingerprint density at radius 1 is 0.474 bits per heavy atom. The lowest BCUT2D eigenvalue weighted by Crippen LogP contribution is -2.42. The van der Waals surface area contributed by atoms with Crippen molar-refractivity contribution in [3.63, 3.8) is 0 Å². The summed E-state index contributed by atoms with van der Waals surface area (Å²) in [5, 5.41) is 111. The third kappa shape index (κ3) is 11.7. The Morgan fingerprint density at radius 2 is 0.750 bits per heavy atom. The second-order valence-corrected chi connectivity index (χ2v) is 16.3. The molecule has 424 valence electrons. The highest BCUT2D eigenvalue weighted by molar-refractivity contribution is 6.30. The zero-order valence-electron chi connectivity index (χ0n) is 42.6. The number of aromatic amines is 4. The Balaban J connectivity index is 0.000000201. The lowest BCUT2D eigenvalue weighted by atomic mass is 10.1. The van der Waals surface area contributed by atoms with E-state index in [1.807, 2.05) is 4.98 Å². The fourth-order valence-corrected chi connectivity index (χ4v) is 6.80. The van der Waals surface area contributed by atoms with E-state index in [1.165, 1.54) is 9.97 Å². The third-order valence-corrected chi connectivity index (χ3v) is 11.1. The Kier molecular flexibility index (Phi) is 15.9. The molecule has 0 aromatic carbocycles. The van der Waals surface area contributed by atoms with Gasteiger partial charge < -0.3 is 80.2 Å². The normalized spacial score (nSPS) is 38.2. The number of rotatable bonds is 8. The van der Waals surface area contributed by atoms with Gasteiger partial charge in [0.05, 0.1) is 20.6 Å². The highest BCUT2D eigenvalue weighted by Gasteiger charge is 2.59. The van der Waals surface area contributed by atoms with Crippen LogP contribution in [0.2, 0.25) is 10.0 Å². The van der Waals surface area contributed by atoms with Crippen molar-refractivity contribution in [1.29, 1.82) is 0 Å². The van der Waals surface area contributed by atoms with Crippen molar-refractivity contribution in [2.75, 3.05) is 26.3 Å². The maximum Gasteiger partial charge on any atom is 0.330 e. The van der Waals surface area contributed by atoms with Gasteiger partial charge in [0.15, 0.2) is 24.9 Å². The van der Waals surface area contributed by atoms with Gasteiger partial charge in [0.1, 0.15) is 85.2 Å². The maximum atomic E-state index is 14.3. The minimum atomic E-state index is -3.99. The van der Waals surface area contributed by atoms with E-state index < -0.39 is 185 Å². The molecular formula is C36H40Cl2F6N8O24. The monoisotopic (exact) mass is 1160 g/mol. The summed E-state index contributed by atoms with van der Waals surface area (Å²) in [7, 11) is 0.